The topological polar surface area (TPSA) is 89.7 Å². The Kier molecular flexibility index (Phi) is 5.29. The van der Waals surface area contributed by atoms with Crippen LogP contribution in [0.4, 0.5) is 0 Å². The van der Waals surface area contributed by atoms with Crippen LogP contribution in [0.25, 0.3) is 0 Å². The fourth-order valence-electron chi connectivity index (χ4n) is 2.99. The van der Waals surface area contributed by atoms with Crippen LogP contribution in [-0.4, -0.2) is 31.7 Å². The van der Waals surface area contributed by atoms with Crippen LogP contribution in [0.1, 0.15) is 34.3 Å². The molecular weight excluding hydrogens is 352 g/mol. The van der Waals surface area contributed by atoms with Crippen LogP contribution in [-0.2, 0) is 16.6 Å². The zero-order valence-corrected chi connectivity index (χ0v) is 15.5. The predicted octanol–water partition coefficient (Wildman–Crippen LogP) is 2.46. The Morgan fingerprint density at radius 1 is 1.15 bits per heavy atom. The van der Waals surface area contributed by atoms with Crippen molar-refractivity contribution in [1.82, 2.24) is 4.31 Å². The van der Waals surface area contributed by atoms with Gasteiger partial charge in [-0.05, 0) is 49.1 Å². The summed E-state index contributed by atoms with van der Waals surface area (Å²) in [6.07, 6.45) is 1.69. The van der Waals surface area contributed by atoms with Crippen molar-refractivity contribution in [3.05, 3.63) is 59.2 Å². The summed E-state index contributed by atoms with van der Waals surface area (Å²) in [4.78, 5) is 11.9. The van der Waals surface area contributed by atoms with Crippen molar-refractivity contribution in [2.24, 2.45) is 5.73 Å². The molecule has 1 saturated heterocycles. The lowest BCUT2D eigenvalue weighted by molar-refractivity contribution is 0.0995. The van der Waals surface area contributed by atoms with E-state index in [4.69, 9.17) is 10.5 Å². The van der Waals surface area contributed by atoms with E-state index in [1.165, 1.54) is 22.5 Å². The molecule has 1 amide bonds. The third-order valence-electron chi connectivity index (χ3n) is 4.56. The first kappa shape index (κ1) is 18.4. The molecule has 0 spiro atoms. The molecule has 0 aliphatic carbocycles. The highest BCUT2D eigenvalue weighted by Gasteiger charge is 2.28. The van der Waals surface area contributed by atoms with Gasteiger partial charge in [0, 0.05) is 13.1 Å². The monoisotopic (exact) mass is 374 g/mol. The highest BCUT2D eigenvalue weighted by atomic mass is 32.2. The van der Waals surface area contributed by atoms with Crippen LogP contribution >= 0.6 is 0 Å². The maximum atomic E-state index is 12.7. The van der Waals surface area contributed by atoms with E-state index < -0.39 is 15.9 Å². The number of aryl methyl sites for hydroxylation is 1. The number of hydrogen-bond acceptors (Lipinski definition) is 4. The Labute approximate surface area is 153 Å². The molecule has 0 unspecified atom stereocenters. The van der Waals surface area contributed by atoms with Gasteiger partial charge in [-0.15, -0.1) is 0 Å². The van der Waals surface area contributed by atoms with Gasteiger partial charge in [0.25, 0.3) is 5.91 Å². The summed E-state index contributed by atoms with van der Waals surface area (Å²) in [5.74, 6) is -0.440. The summed E-state index contributed by atoms with van der Waals surface area (Å²) in [6, 6.07) is 12.0. The van der Waals surface area contributed by atoms with Crippen LogP contribution in [0.2, 0.25) is 0 Å². The number of primary amides is 1. The van der Waals surface area contributed by atoms with Gasteiger partial charge >= 0.3 is 0 Å². The Balaban J connectivity index is 1.88. The van der Waals surface area contributed by atoms with E-state index in [1.54, 1.807) is 0 Å². The van der Waals surface area contributed by atoms with Gasteiger partial charge in [0.2, 0.25) is 10.0 Å². The summed E-state index contributed by atoms with van der Waals surface area (Å²) in [6.45, 7) is 3.24. The van der Waals surface area contributed by atoms with Crippen molar-refractivity contribution in [3.63, 3.8) is 0 Å². The van der Waals surface area contributed by atoms with Crippen LogP contribution in [0.5, 0.6) is 5.75 Å². The number of benzene rings is 2. The largest absolute Gasteiger partial charge is 0.488 e. The molecule has 0 saturated carbocycles. The van der Waals surface area contributed by atoms with E-state index in [9.17, 15) is 13.2 Å². The number of hydrogen-bond donors (Lipinski definition) is 1. The average Bonchev–Trinajstić information content (AvgIpc) is 3.16. The molecular formula is C19H22N2O4S. The molecule has 1 aliphatic rings. The summed E-state index contributed by atoms with van der Waals surface area (Å²) < 4.78 is 32.5. The van der Waals surface area contributed by atoms with Gasteiger partial charge in [-0.25, -0.2) is 8.42 Å². The van der Waals surface area contributed by atoms with E-state index >= 15 is 0 Å². The van der Waals surface area contributed by atoms with E-state index in [1.807, 2.05) is 31.2 Å². The van der Waals surface area contributed by atoms with E-state index in [0.29, 0.717) is 13.1 Å². The molecule has 138 valence electrons. The van der Waals surface area contributed by atoms with Crippen molar-refractivity contribution >= 4 is 15.9 Å². The van der Waals surface area contributed by atoms with Gasteiger partial charge in [-0.3, -0.25) is 4.79 Å². The summed E-state index contributed by atoms with van der Waals surface area (Å²) in [7, 11) is -3.62. The Morgan fingerprint density at radius 2 is 1.85 bits per heavy atom. The van der Waals surface area contributed by atoms with Crippen molar-refractivity contribution in [3.8, 4) is 5.75 Å². The second-order valence-corrected chi connectivity index (χ2v) is 8.29. The molecule has 6 nitrogen and oxygen atoms in total. The van der Waals surface area contributed by atoms with E-state index in [-0.39, 0.29) is 22.8 Å². The minimum atomic E-state index is -3.62. The van der Waals surface area contributed by atoms with Crippen molar-refractivity contribution in [1.29, 1.82) is 0 Å². The molecule has 1 aliphatic heterocycles. The van der Waals surface area contributed by atoms with Gasteiger partial charge in [-0.2, -0.15) is 4.31 Å². The normalized spacial score (nSPS) is 15.1. The molecule has 2 N–H and O–H groups in total. The fraction of sp³-hybridized carbons (Fsp3) is 0.316. The predicted molar refractivity (Wildman–Crippen MR) is 98.5 cm³/mol. The van der Waals surface area contributed by atoms with Crippen LogP contribution in [0, 0.1) is 6.92 Å². The SMILES string of the molecule is Cc1ccccc1COc1ccc(S(=O)(=O)N2CCCC2)cc1C(N)=O. The molecule has 1 fully saturated rings. The maximum Gasteiger partial charge on any atom is 0.252 e. The molecule has 0 atom stereocenters. The van der Waals surface area contributed by atoms with Crippen LogP contribution in [0.15, 0.2) is 47.4 Å². The summed E-state index contributed by atoms with van der Waals surface area (Å²) in [5, 5.41) is 0. The highest BCUT2D eigenvalue weighted by Crippen LogP contribution is 2.27. The van der Waals surface area contributed by atoms with Crippen LogP contribution in [0.3, 0.4) is 0 Å². The van der Waals surface area contributed by atoms with Gasteiger partial charge in [0.1, 0.15) is 12.4 Å². The minimum Gasteiger partial charge on any atom is -0.488 e. The van der Waals surface area contributed by atoms with Crippen molar-refractivity contribution in [2.75, 3.05) is 13.1 Å². The molecule has 0 bridgehead atoms. The fourth-order valence-corrected chi connectivity index (χ4v) is 4.54. The molecule has 3 rings (SSSR count). The highest BCUT2D eigenvalue weighted by molar-refractivity contribution is 7.89. The first-order valence-corrected chi connectivity index (χ1v) is 9.95. The van der Waals surface area contributed by atoms with Crippen LogP contribution < -0.4 is 10.5 Å². The molecule has 7 heteroatoms. The first-order valence-electron chi connectivity index (χ1n) is 8.51. The van der Waals surface area contributed by atoms with Gasteiger partial charge in [-0.1, -0.05) is 24.3 Å². The molecule has 26 heavy (non-hydrogen) atoms. The molecule has 2 aromatic carbocycles. The quantitative estimate of drug-likeness (QED) is 0.841. The number of carbonyl (C=O) groups is 1. The van der Waals surface area contributed by atoms with Crippen molar-refractivity contribution in [2.45, 2.75) is 31.3 Å². The lowest BCUT2D eigenvalue weighted by atomic mass is 10.1. The standard InChI is InChI=1S/C19H22N2O4S/c1-14-6-2-3-7-15(14)13-25-18-9-8-16(12-17(18)19(20)22)26(23,24)21-10-4-5-11-21/h2-3,6-9,12H,4-5,10-11,13H2,1H3,(H2,20,22). The number of carbonyl (C=O) groups excluding carboxylic acids is 1. The maximum absolute atomic E-state index is 12.7. The zero-order chi connectivity index (χ0) is 18.7. The lowest BCUT2D eigenvalue weighted by Crippen LogP contribution is -2.28. The number of nitrogens with two attached hydrogens (primary N) is 1. The van der Waals surface area contributed by atoms with Gasteiger partial charge in [0.05, 0.1) is 10.5 Å². The van der Waals surface area contributed by atoms with Crippen molar-refractivity contribution < 1.29 is 17.9 Å². The molecule has 0 radical (unpaired) electrons. The lowest BCUT2D eigenvalue weighted by Gasteiger charge is -2.17. The first-order chi connectivity index (χ1) is 12.4. The Hall–Kier alpha value is -2.38. The minimum absolute atomic E-state index is 0.0661. The van der Waals surface area contributed by atoms with Gasteiger partial charge < -0.3 is 10.5 Å². The summed E-state index contributed by atoms with van der Waals surface area (Å²) in [5.41, 5.74) is 7.57. The number of nitrogens with zero attached hydrogens (tertiary/aromatic N) is 1. The van der Waals surface area contributed by atoms with Gasteiger partial charge in [0.15, 0.2) is 0 Å². The second-order valence-electron chi connectivity index (χ2n) is 6.35. The number of rotatable bonds is 6. The number of sulfonamides is 1. The average molecular weight is 374 g/mol. The Bertz CT molecular complexity index is 919. The second kappa shape index (κ2) is 7.47. The molecule has 1 heterocycles. The van der Waals surface area contributed by atoms with E-state index in [0.717, 1.165) is 24.0 Å². The summed E-state index contributed by atoms with van der Waals surface area (Å²) >= 11 is 0. The number of amides is 1. The zero-order valence-electron chi connectivity index (χ0n) is 14.6. The van der Waals surface area contributed by atoms with E-state index in [2.05, 4.69) is 0 Å². The smallest absolute Gasteiger partial charge is 0.252 e. The third kappa shape index (κ3) is 3.73. The third-order valence-corrected chi connectivity index (χ3v) is 6.46. The number of ether oxygens (including phenoxy) is 1. The molecule has 2 aromatic rings. The molecule has 0 aromatic heterocycles. The Morgan fingerprint density at radius 3 is 2.50 bits per heavy atom.